The maximum Gasteiger partial charge on any atom is 0.343 e. The van der Waals surface area contributed by atoms with Gasteiger partial charge >= 0.3 is 5.97 Å². The molecule has 0 aliphatic heterocycles. The van der Waals surface area contributed by atoms with Crippen LogP contribution in [0.1, 0.15) is 49.4 Å². The maximum absolute atomic E-state index is 12.0. The van der Waals surface area contributed by atoms with E-state index in [0.29, 0.717) is 17.9 Å². The summed E-state index contributed by atoms with van der Waals surface area (Å²) in [6.07, 6.45) is 9.19. The van der Waals surface area contributed by atoms with Crippen molar-refractivity contribution in [3.05, 3.63) is 54.4 Å². The van der Waals surface area contributed by atoms with Gasteiger partial charge in [-0.1, -0.05) is 32.6 Å². The number of pyridine rings is 1. The van der Waals surface area contributed by atoms with Crippen LogP contribution in [-0.4, -0.2) is 17.6 Å². The standard InChI is InChI=1S/C19H23NO3/c1-2-3-4-5-6-14-22-17-11-9-16(10-12-17)19(21)23-18-8-7-13-20-15-18/h7-13,15H,2-6,14H2,1H3. The van der Waals surface area contributed by atoms with Crippen molar-refractivity contribution in [3.63, 3.8) is 0 Å². The highest BCUT2D eigenvalue weighted by Gasteiger charge is 2.08. The van der Waals surface area contributed by atoms with Crippen LogP contribution in [0.4, 0.5) is 0 Å². The van der Waals surface area contributed by atoms with Crippen LogP contribution in [-0.2, 0) is 0 Å². The minimum atomic E-state index is -0.399. The molecular weight excluding hydrogens is 290 g/mol. The minimum Gasteiger partial charge on any atom is -0.494 e. The van der Waals surface area contributed by atoms with Crippen molar-refractivity contribution in [2.75, 3.05) is 6.61 Å². The van der Waals surface area contributed by atoms with E-state index >= 15 is 0 Å². The second-order valence-electron chi connectivity index (χ2n) is 5.37. The van der Waals surface area contributed by atoms with E-state index in [4.69, 9.17) is 9.47 Å². The fourth-order valence-electron chi connectivity index (χ4n) is 2.16. The molecule has 1 heterocycles. The fourth-order valence-corrected chi connectivity index (χ4v) is 2.16. The van der Waals surface area contributed by atoms with Gasteiger partial charge in [-0.25, -0.2) is 4.79 Å². The molecule has 0 fully saturated rings. The Labute approximate surface area is 137 Å². The van der Waals surface area contributed by atoms with E-state index in [9.17, 15) is 4.79 Å². The molecule has 1 aromatic heterocycles. The van der Waals surface area contributed by atoms with Crippen molar-refractivity contribution in [3.8, 4) is 11.5 Å². The second-order valence-corrected chi connectivity index (χ2v) is 5.37. The molecule has 0 aliphatic rings. The number of esters is 1. The zero-order valence-electron chi connectivity index (χ0n) is 13.5. The van der Waals surface area contributed by atoms with Crippen LogP contribution in [0, 0.1) is 0 Å². The Hall–Kier alpha value is -2.36. The van der Waals surface area contributed by atoms with E-state index in [1.54, 1.807) is 42.6 Å². The summed E-state index contributed by atoms with van der Waals surface area (Å²) in [4.78, 5) is 15.9. The lowest BCUT2D eigenvalue weighted by atomic mass is 10.2. The Morgan fingerprint density at radius 3 is 2.48 bits per heavy atom. The van der Waals surface area contributed by atoms with Crippen LogP contribution >= 0.6 is 0 Å². The number of hydrogen-bond donors (Lipinski definition) is 0. The molecule has 0 atom stereocenters. The first-order chi connectivity index (χ1) is 11.3. The monoisotopic (exact) mass is 313 g/mol. The summed E-state index contributed by atoms with van der Waals surface area (Å²) in [5, 5.41) is 0. The highest BCUT2D eigenvalue weighted by molar-refractivity contribution is 5.91. The lowest BCUT2D eigenvalue weighted by molar-refractivity contribution is 0.0734. The molecule has 0 spiro atoms. The van der Waals surface area contributed by atoms with Crippen molar-refractivity contribution in [2.24, 2.45) is 0 Å². The predicted octanol–water partition coefficient (Wildman–Crippen LogP) is 4.65. The topological polar surface area (TPSA) is 48.4 Å². The molecule has 0 bridgehead atoms. The molecule has 23 heavy (non-hydrogen) atoms. The molecule has 0 aliphatic carbocycles. The molecular formula is C19H23NO3. The van der Waals surface area contributed by atoms with Crippen LogP contribution < -0.4 is 9.47 Å². The Bertz CT molecular complexity index is 581. The number of carbonyl (C=O) groups is 1. The number of aromatic nitrogens is 1. The number of ether oxygens (including phenoxy) is 2. The Morgan fingerprint density at radius 2 is 1.78 bits per heavy atom. The van der Waals surface area contributed by atoms with E-state index in [1.807, 2.05) is 0 Å². The normalized spacial score (nSPS) is 10.3. The lowest BCUT2D eigenvalue weighted by Gasteiger charge is -2.07. The first-order valence-electron chi connectivity index (χ1n) is 8.14. The van der Waals surface area contributed by atoms with Gasteiger partial charge in [0.25, 0.3) is 0 Å². The van der Waals surface area contributed by atoms with Crippen molar-refractivity contribution in [1.82, 2.24) is 4.98 Å². The van der Waals surface area contributed by atoms with E-state index in [0.717, 1.165) is 12.2 Å². The molecule has 0 N–H and O–H groups in total. The third kappa shape index (κ3) is 6.10. The van der Waals surface area contributed by atoms with Crippen molar-refractivity contribution >= 4 is 5.97 Å². The molecule has 2 rings (SSSR count). The zero-order chi connectivity index (χ0) is 16.3. The molecule has 2 aromatic rings. The molecule has 0 unspecified atom stereocenters. The first-order valence-corrected chi connectivity index (χ1v) is 8.14. The predicted molar refractivity (Wildman–Crippen MR) is 89.9 cm³/mol. The molecule has 4 heteroatoms. The second kappa shape index (κ2) is 9.62. The van der Waals surface area contributed by atoms with Gasteiger partial charge in [0.15, 0.2) is 0 Å². The SMILES string of the molecule is CCCCCCCOc1ccc(C(=O)Oc2cccnc2)cc1. The van der Waals surface area contributed by atoms with Gasteiger partial charge in [0.1, 0.15) is 11.5 Å². The van der Waals surface area contributed by atoms with E-state index in [-0.39, 0.29) is 0 Å². The third-order valence-corrected chi connectivity index (χ3v) is 3.45. The summed E-state index contributed by atoms with van der Waals surface area (Å²) in [7, 11) is 0. The number of unbranched alkanes of at least 4 members (excludes halogenated alkanes) is 4. The van der Waals surface area contributed by atoms with Gasteiger partial charge in [0, 0.05) is 6.20 Å². The average molecular weight is 313 g/mol. The maximum atomic E-state index is 12.0. The van der Waals surface area contributed by atoms with Crippen LogP contribution in [0.25, 0.3) is 0 Å². The average Bonchev–Trinajstić information content (AvgIpc) is 2.59. The fraction of sp³-hybridized carbons (Fsp3) is 0.368. The number of rotatable bonds is 9. The van der Waals surface area contributed by atoms with Crippen molar-refractivity contribution < 1.29 is 14.3 Å². The molecule has 0 amide bonds. The first kappa shape index (κ1) is 17.0. The van der Waals surface area contributed by atoms with Gasteiger partial charge < -0.3 is 9.47 Å². The van der Waals surface area contributed by atoms with E-state index in [1.165, 1.54) is 31.9 Å². The molecule has 122 valence electrons. The third-order valence-electron chi connectivity index (χ3n) is 3.45. The highest BCUT2D eigenvalue weighted by Crippen LogP contribution is 2.15. The summed E-state index contributed by atoms with van der Waals surface area (Å²) in [6, 6.07) is 10.4. The summed E-state index contributed by atoms with van der Waals surface area (Å²) in [5.41, 5.74) is 0.490. The van der Waals surface area contributed by atoms with Crippen LogP contribution in [0.2, 0.25) is 0 Å². The number of benzene rings is 1. The summed E-state index contributed by atoms with van der Waals surface area (Å²) < 4.78 is 10.9. The Kier molecular flexibility index (Phi) is 7.11. The smallest absolute Gasteiger partial charge is 0.343 e. The number of nitrogens with zero attached hydrogens (tertiary/aromatic N) is 1. The van der Waals surface area contributed by atoms with Gasteiger partial charge in [-0.2, -0.15) is 0 Å². The van der Waals surface area contributed by atoms with Gasteiger partial charge in [-0.15, -0.1) is 0 Å². The Morgan fingerprint density at radius 1 is 1.00 bits per heavy atom. The van der Waals surface area contributed by atoms with Gasteiger partial charge in [0.05, 0.1) is 18.4 Å². The molecule has 1 aromatic carbocycles. The van der Waals surface area contributed by atoms with E-state index < -0.39 is 5.97 Å². The van der Waals surface area contributed by atoms with Crippen LogP contribution in [0.3, 0.4) is 0 Å². The van der Waals surface area contributed by atoms with Gasteiger partial charge in [-0.3, -0.25) is 4.98 Å². The minimum absolute atomic E-state index is 0.399. The number of hydrogen-bond acceptors (Lipinski definition) is 4. The van der Waals surface area contributed by atoms with Crippen molar-refractivity contribution in [1.29, 1.82) is 0 Å². The molecule has 0 radical (unpaired) electrons. The van der Waals surface area contributed by atoms with Crippen LogP contribution in [0.5, 0.6) is 11.5 Å². The number of carbonyl (C=O) groups excluding carboxylic acids is 1. The largest absolute Gasteiger partial charge is 0.494 e. The highest BCUT2D eigenvalue weighted by atomic mass is 16.5. The quantitative estimate of drug-likeness (QED) is 0.499. The molecule has 0 saturated carbocycles. The van der Waals surface area contributed by atoms with E-state index in [2.05, 4.69) is 11.9 Å². The summed E-state index contributed by atoms with van der Waals surface area (Å²) in [5.74, 6) is 0.812. The van der Waals surface area contributed by atoms with Gasteiger partial charge in [-0.05, 0) is 42.8 Å². The summed E-state index contributed by atoms with van der Waals surface area (Å²) >= 11 is 0. The van der Waals surface area contributed by atoms with Gasteiger partial charge in [0.2, 0.25) is 0 Å². The molecule has 4 nitrogen and oxygen atoms in total. The van der Waals surface area contributed by atoms with Crippen LogP contribution in [0.15, 0.2) is 48.8 Å². The van der Waals surface area contributed by atoms with Crippen molar-refractivity contribution in [2.45, 2.75) is 39.0 Å². The molecule has 0 saturated heterocycles. The lowest BCUT2D eigenvalue weighted by Crippen LogP contribution is -2.08. The summed E-state index contributed by atoms with van der Waals surface area (Å²) in [6.45, 7) is 2.92. The Balaban J connectivity index is 1.76. The zero-order valence-corrected chi connectivity index (χ0v) is 13.5.